The molecule has 0 radical (unpaired) electrons. The Kier molecular flexibility index (Phi) is 1.93. The van der Waals surface area contributed by atoms with Crippen molar-refractivity contribution in [3.8, 4) is 17.6 Å². The van der Waals surface area contributed by atoms with Crippen molar-refractivity contribution in [3.63, 3.8) is 0 Å². The van der Waals surface area contributed by atoms with Gasteiger partial charge in [0.15, 0.2) is 17.3 Å². The number of ketones is 1. The van der Waals surface area contributed by atoms with Crippen molar-refractivity contribution in [2.75, 3.05) is 6.79 Å². The molecule has 0 amide bonds. The summed E-state index contributed by atoms with van der Waals surface area (Å²) >= 11 is 0. The van der Waals surface area contributed by atoms with Crippen molar-refractivity contribution in [2.24, 2.45) is 5.41 Å². The Morgan fingerprint density at radius 1 is 1.35 bits per heavy atom. The standard InChI is InChI=1S/C13H11NO3/c1-8-4-10-11(17-7-16-10)5-9(8)12(15)13(6-14)2-3-13/h4-5H,2-3,7H2,1H3. The highest BCUT2D eigenvalue weighted by Crippen LogP contribution is 2.48. The second kappa shape index (κ2) is 3.24. The fourth-order valence-electron chi connectivity index (χ4n) is 2.06. The number of hydrogen-bond acceptors (Lipinski definition) is 4. The van der Waals surface area contributed by atoms with E-state index in [-0.39, 0.29) is 12.6 Å². The summed E-state index contributed by atoms with van der Waals surface area (Å²) in [7, 11) is 0. The van der Waals surface area contributed by atoms with E-state index in [9.17, 15) is 4.79 Å². The van der Waals surface area contributed by atoms with E-state index in [2.05, 4.69) is 6.07 Å². The van der Waals surface area contributed by atoms with Gasteiger partial charge in [0.25, 0.3) is 0 Å². The average Bonchev–Trinajstić information content (AvgIpc) is 3.01. The van der Waals surface area contributed by atoms with E-state index in [4.69, 9.17) is 14.7 Å². The van der Waals surface area contributed by atoms with Crippen LogP contribution in [0.2, 0.25) is 0 Å². The Balaban J connectivity index is 2.05. The van der Waals surface area contributed by atoms with Crippen molar-refractivity contribution in [1.82, 2.24) is 0 Å². The Morgan fingerprint density at radius 2 is 2.00 bits per heavy atom. The molecule has 17 heavy (non-hydrogen) atoms. The molecule has 0 saturated heterocycles. The van der Waals surface area contributed by atoms with E-state index < -0.39 is 5.41 Å². The molecule has 0 aromatic heterocycles. The number of ether oxygens (including phenoxy) is 2. The second-order valence-corrected chi connectivity index (χ2v) is 4.54. The van der Waals surface area contributed by atoms with E-state index >= 15 is 0 Å². The van der Waals surface area contributed by atoms with Gasteiger partial charge in [-0.1, -0.05) is 0 Å². The number of benzene rings is 1. The maximum absolute atomic E-state index is 12.3. The van der Waals surface area contributed by atoms with E-state index in [1.165, 1.54) is 0 Å². The first-order valence-corrected chi connectivity index (χ1v) is 5.53. The number of rotatable bonds is 2. The fourth-order valence-corrected chi connectivity index (χ4v) is 2.06. The molecular formula is C13H11NO3. The Morgan fingerprint density at radius 3 is 2.59 bits per heavy atom. The minimum Gasteiger partial charge on any atom is -0.454 e. The van der Waals surface area contributed by atoms with Crippen LogP contribution < -0.4 is 9.47 Å². The Labute approximate surface area is 98.8 Å². The summed E-state index contributed by atoms with van der Waals surface area (Å²) in [6.45, 7) is 2.04. The number of fused-ring (bicyclic) bond motifs is 1. The zero-order valence-electron chi connectivity index (χ0n) is 9.45. The van der Waals surface area contributed by atoms with Crippen LogP contribution in [0.5, 0.6) is 11.5 Å². The Bertz CT molecular complexity index is 553. The van der Waals surface area contributed by atoms with Crippen molar-refractivity contribution in [1.29, 1.82) is 5.26 Å². The molecule has 1 aromatic rings. The van der Waals surface area contributed by atoms with Crippen molar-refractivity contribution in [2.45, 2.75) is 19.8 Å². The molecule has 0 N–H and O–H groups in total. The summed E-state index contributed by atoms with van der Waals surface area (Å²) in [5.41, 5.74) is 0.632. The molecule has 1 aliphatic heterocycles. The predicted octanol–water partition coefficient (Wildman–Crippen LogP) is 2.21. The molecule has 1 fully saturated rings. The number of aryl methyl sites for hydroxylation is 1. The summed E-state index contributed by atoms with van der Waals surface area (Å²) in [5.74, 6) is 1.17. The van der Waals surface area contributed by atoms with Crippen molar-refractivity contribution < 1.29 is 14.3 Å². The first kappa shape index (κ1) is 10.2. The van der Waals surface area contributed by atoms with Crippen molar-refractivity contribution in [3.05, 3.63) is 23.3 Å². The van der Waals surface area contributed by atoms with Crippen LogP contribution in [0.1, 0.15) is 28.8 Å². The second-order valence-electron chi connectivity index (χ2n) is 4.54. The average molecular weight is 229 g/mol. The lowest BCUT2D eigenvalue weighted by Gasteiger charge is -2.09. The molecule has 0 atom stereocenters. The first-order chi connectivity index (χ1) is 8.16. The van der Waals surface area contributed by atoms with E-state index in [1.54, 1.807) is 12.1 Å². The van der Waals surface area contributed by atoms with Gasteiger partial charge in [0.2, 0.25) is 6.79 Å². The number of Topliss-reactive ketones (excluding diaryl/α,β-unsaturated/α-hetero) is 1. The third kappa shape index (κ3) is 1.39. The highest BCUT2D eigenvalue weighted by molar-refractivity contribution is 6.05. The maximum Gasteiger partial charge on any atom is 0.231 e. The molecule has 86 valence electrons. The zero-order chi connectivity index (χ0) is 12.0. The van der Waals surface area contributed by atoms with Crippen LogP contribution in [0, 0.1) is 23.7 Å². The lowest BCUT2D eigenvalue weighted by atomic mass is 9.93. The number of carbonyl (C=O) groups excluding carboxylic acids is 1. The third-order valence-corrected chi connectivity index (χ3v) is 3.36. The first-order valence-electron chi connectivity index (χ1n) is 5.53. The molecule has 0 bridgehead atoms. The van der Waals surface area contributed by atoms with Gasteiger partial charge >= 0.3 is 0 Å². The van der Waals surface area contributed by atoms with Crippen LogP contribution in [0.15, 0.2) is 12.1 Å². The maximum atomic E-state index is 12.3. The Hall–Kier alpha value is -2.02. The van der Waals surface area contributed by atoms with Gasteiger partial charge < -0.3 is 9.47 Å². The molecule has 3 rings (SSSR count). The van der Waals surface area contributed by atoms with Crippen LogP contribution in [-0.4, -0.2) is 12.6 Å². The minimum atomic E-state index is -0.779. The molecule has 1 aromatic carbocycles. The molecule has 1 heterocycles. The lowest BCUT2D eigenvalue weighted by molar-refractivity contribution is 0.0933. The normalized spacial score (nSPS) is 18.6. The molecule has 4 heteroatoms. The molecule has 0 spiro atoms. The molecule has 1 saturated carbocycles. The summed E-state index contributed by atoms with van der Waals surface area (Å²) in [6.07, 6.45) is 1.33. The number of hydrogen-bond donors (Lipinski definition) is 0. The smallest absolute Gasteiger partial charge is 0.231 e. The molecule has 0 unspecified atom stereocenters. The summed E-state index contributed by atoms with van der Waals surface area (Å²) in [4.78, 5) is 12.3. The van der Waals surface area contributed by atoms with Gasteiger partial charge in [0, 0.05) is 5.56 Å². The van der Waals surface area contributed by atoms with Gasteiger partial charge in [-0.25, -0.2) is 0 Å². The van der Waals surface area contributed by atoms with Crippen LogP contribution in [0.4, 0.5) is 0 Å². The summed E-state index contributed by atoms with van der Waals surface area (Å²) < 4.78 is 10.5. The van der Waals surface area contributed by atoms with Gasteiger partial charge in [0.1, 0.15) is 5.41 Å². The van der Waals surface area contributed by atoms with Crippen LogP contribution in [0.25, 0.3) is 0 Å². The van der Waals surface area contributed by atoms with Gasteiger partial charge in [0.05, 0.1) is 6.07 Å². The molecule has 4 nitrogen and oxygen atoms in total. The van der Waals surface area contributed by atoms with Crippen LogP contribution in [-0.2, 0) is 0 Å². The highest BCUT2D eigenvalue weighted by atomic mass is 16.7. The quantitative estimate of drug-likeness (QED) is 0.729. The number of carbonyl (C=O) groups is 1. The van der Waals surface area contributed by atoms with E-state index in [0.717, 1.165) is 5.56 Å². The topological polar surface area (TPSA) is 59.3 Å². The van der Waals surface area contributed by atoms with Gasteiger partial charge in [-0.05, 0) is 37.5 Å². The lowest BCUT2D eigenvalue weighted by Crippen LogP contribution is -2.15. The van der Waals surface area contributed by atoms with E-state index in [0.29, 0.717) is 29.9 Å². The van der Waals surface area contributed by atoms with Gasteiger partial charge in [-0.15, -0.1) is 0 Å². The van der Waals surface area contributed by atoms with Crippen molar-refractivity contribution >= 4 is 5.78 Å². The monoisotopic (exact) mass is 229 g/mol. The van der Waals surface area contributed by atoms with Crippen LogP contribution in [0.3, 0.4) is 0 Å². The third-order valence-electron chi connectivity index (χ3n) is 3.36. The highest BCUT2D eigenvalue weighted by Gasteiger charge is 2.51. The van der Waals surface area contributed by atoms with Gasteiger partial charge in [-0.2, -0.15) is 5.26 Å². The summed E-state index contributed by atoms with van der Waals surface area (Å²) in [5, 5.41) is 9.05. The van der Waals surface area contributed by atoms with E-state index in [1.807, 2.05) is 6.92 Å². The minimum absolute atomic E-state index is 0.0872. The SMILES string of the molecule is Cc1cc2c(cc1C(=O)C1(C#N)CC1)OCO2. The number of nitrogens with zero attached hydrogens (tertiary/aromatic N) is 1. The molecular weight excluding hydrogens is 218 g/mol. The molecule has 2 aliphatic rings. The largest absolute Gasteiger partial charge is 0.454 e. The number of nitriles is 1. The van der Waals surface area contributed by atoms with Crippen LogP contribution >= 0.6 is 0 Å². The predicted molar refractivity (Wildman–Crippen MR) is 58.9 cm³/mol. The van der Waals surface area contributed by atoms with Gasteiger partial charge in [-0.3, -0.25) is 4.79 Å². The zero-order valence-corrected chi connectivity index (χ0v) is 9.45. The summed E-state index contributed by atoms with van der Waals surface area (Å²) in [6, 6.07) is 5.61. The fraction of sp³-hybridized carbons (Fsp3) is 0.385. The molecule has 1 aliphatic carbocycles.